The van der Waals surface area contributed by atoms with Crippen LogP contribution in [-0.2, 0) is 4.79 Å². The molecule has 5 heteroatoms. The lowest BCUT2D eigenvalue weighted by atomic mass is 10.3. The number of carboxylic acids is 1. The van der Waals surface area contributed by atoms with Crippen LogP contribution in [0.1, 0.15) is 19.3 Å². The number of halogens is 2. The zero-order valence-corrected chi connectivity index (χ0v) is 9.26. The molecule has 0 spiro atoms. The van der Waals surface area contributed by atoms with Crippen LogP contribution in [0.3, 0.4) is 0 Å². The third-order valence-corrected chi connectivity index (χ3v) is 2.75. The van der Waals surface area contributed by atoms with Crippen LogP contribution in [0.2, 0.25) is 0 Å². The van der Waals surface area contributed by atoms with E-state index < -0.39 is 5.97 Å². The second-order valence-corrected chi connectivity index (χ2v) is 4.11. The van der Waals surface area contributed by atoms with Gasteiger partial charge in [-0.15, -0.1) is 0 Å². The van der Waals surface area contributed by atoms with E-state index in [1.807, 2.05) is 0 Å². The molecule has 0 aromatic rings. The van der Waals surface area contributed by atoms with Crippen LogP contribution in [-0.4, -0.2) is 35.1 Å². The van der Waals surface area contributed by atoms with Crippen molar-refractivity contribution in [3.05, 3.63) is 10.6 Å². The molecule has 0 atom stereocenters. The van der Waals surface area contributed by atoms with Gasteiger partial charge < -0.3 is 5.11 Å². The molecule has 1 rings (SSSR count). The lowest BCUT2D eigenvalue weighted by Gasteiger charge is -2.20. The predicted molar refractivity (Wildman–Crippen MR) is 56.6 cm³/mol. The molecule has 0 radical (unpaired) electrons. The lowest BCUT2D eigenvalue weighted by Crippen LogP contribution is -2.29. The van der Waals surface area contributed by atoms with E-state index in [9.17, 15) is 4.79 Å². The molecule has 14 heavy (non-hydrogen) atoms. The van der Waals surface area contributed by atoms with E-state index in [1.54, 1.807) is 0 Å². The summed E-state index contributed by atoms with van der Waals surface area (Å²) < 4.78 is 0. The van der Waals surface area contributed by atoms with E-state index in [-0.39, 0.29) is 6.42 Å². The van der Waals surface area contributed by atoms with Gasteiger partial charge in [0.2, 0.25) is 0 Å². The van der Waals surface area contributed by atoms with Crippen LogP contribution < -0.4 is 0 Å². The zero-order valence-electron chi connectivity index (χ0n) is 7.75. The highest BCUT2D eigenvalue weighted by Gasteiger charge is 2.29. The number of rotatable bonds is 6. The van der Waals surface area contributed by atoms with Crippen LogP contribution in [0.5, 0.6) is 0 Å². The SMILES string of the molecule is O=C(O)CCN(CC(Cl)=CCl)C1CC1. The maximum Gasteiger partial charge on any atom is 0.304 e. The number of hydrogen-bond acceptors (Lipinski definition) is 2. The number of nitrogens with zero attached hydrogens (tertiary/aromatic N) is 1. The van der Waals surface area contributed by atoms with Gasteiger partial charge in [-0.1, -0.05) is 23.2 Å². The van der Waals surface area contributed by atoms with E-state index >= 15 is 0 Å². The molecular weight excluding hydrogens is 225 g/mol. The van der Waals surface area contributed by atoms with Gasteiger partial charge in [0, 0.05) is 29.7 Å². The Balaban J connectivity index is 2.35. The highest BCUT2D eigenvalue weighted by Crippen LogP contribution is 2.28. The molecule has 1 aliphatic rings. The standard InChI is InChI=1S/C9H13Cl2NO2/c10-5-7(11)6-12(8-1-2-8)4-3-9(13)14/h5,8H,1-4,6H2,(H,13,14). The van der Waals surface area contributed by atoms with E-state index in [1.165, 1.54) is 5.54 Å². The fraction of sp³-hybridized carbons (Fsp3) is 0.667. The summed E-state index contributed by atoms with van der Waals surface area (Å²) in [6.07, 6.45) is 2.42. The number of carbonyl (C=O) groups is 1. The smallest absolute Gasteiger partial charge is 0.304 e. The van der Waals surface area contributed by atoms with Gasteiger partial charge in [0.05, 0.1) is 6.42 Å². The Morgan fingerprint density at radius 2 is 2.21 bits per heavy atom. The average Bonchev–Trinajstić information content (AvgIpc) is 2.94. The van der Waals surface area contributed by atoms with Gasteiger partial charge in [0.25, 0.3) is 0 Å². The maximum absolute atomic E-state index is 10.4. The van der Waals surface area contributed by atoms with Crippen molar-refractivity contribution in [1.29, 1.82) is 0 Å². The highest BCUT2D eigenvalue weighted by molar-refractivity contribution is 6.36. The van der Waals surface area contributed by atoms with Crippen molar-refractivity contribution in [2.45, 2.75) is 25.3 Å². The summed E-state index contributed by atoms with van der Waals surface area (Å²) in [4.78, 5) is 12.5. The summed E-state index contributed by atoms with van der Waals surface area (Å²) in [7, 11) is 0. The molecule has 0 aromatic carbocycles. The van der Waals surface area contributed by atoms with Crippen molar-refractivity contribution in [3.63, 3.8) is 0 Å². The molecule has 0 amide bonds. The van der Waals surface area contributed by atoms with Gasteiger partial charge in [-0.05, 0) is 12.8 Å². The summed E-state index contributed by atoms with van der Waals surface area (Å²) in [6, 6.07) is 0.500. The number of hydrogen-bond donors (Lipinski definition) is 1. The van der Waals surface area contributed by atoms with Crippen LogP contribution in [0.4, 0.5) is 0 Å². The van der Waals surface area contributed by atoms with Crippen LogP contribution >= 0.6 is 23.2 Å². The minimum Gasteiger partial charge on any atom is -0.481 e. The monoisotopic (exact) mass is 237 g/mol. The van der Waals surface area contributed by atoms with Gasteiger partial charge in [-0.3, -0.25) is 9.69 Å². The summed E-state index contributed by atoms with van der Waals surface area (Å²) in [5, 5.41) is 9.11. The van der Waals surface area contributed by atoms with E-state index in [0.717, 1.165) is 12.8 Å². The zero-order chi connectivity index (χ0) is 10.6. The molecule has 0 aromatic heterocycles. The van der Waals surface area contributed by atoms with Gasteiger partial charge in [-0.25, -0.2) is 0 Å². The minimum absolute atomic E-state index is 0.156. The number of aliphatic carboxylic acids is 1. The molecule has 1 saturated carbocycles. The van der Waals surface area contributed by atoms with E-state index in [4.69, 9.17) is 28.3 Å². The van der Waals surface area contributed by atoms with E-state index in [0.29, 0.717) is 24.2 Å². The molecule has 3 nitrogen and oxygen atoms in total. The van der Waals surface area contributed by atoms with Gasteiger partial charge in [0.1, 0.15) is 0 Å². The maximum atomic E-state index is 10.4. The van der Waals surface area contributed by atoms with Gasteiger partial charge in [0.15, 0.2) is 0 Å². The van der Waals surface area contributed by atoms with Crippen molar-refractivity contribution in [2.24, 2.45) is 0 Å². The summed E-state index contributed by atoms with van der Waals surface area (Å²) in [5.41, 5.74) is 1.33. The second-order valence-electron chi connectivity index (χ2n) is 3.40. The molecule has 0 bridgehead atoms. The molecule has 0 saturated heterocycles. The Morgan fingerprint density at radius 1 is 1.57 bits per heavy atom. The third kappa shape index (κ3) is 4.31. The largest absolute Gasteiger partial charge is 0.481 e. The van der Waals surface area contributed by atoms with Crippen LogP contribution in [0.15, 0.2) is 10.6 Å². The Hall–Kier alpha value is -0.250. The molecule has 80 valence electrons. The Morgan fingerprint density at radius 3 is 2.64 bits per heavy atom. The fourth-order valence-electron chi connectivity index (χ4n) is 1.30. The summed E-state index contributed by atoms with van der Waals surface area (Å²) >= 11 is 11.2. The molecule has 1 fully saturated rings. The average molecular weight is 238 g/mol. The minimum atomic E-state index is -0.776. The summed E-state index contributed by atoms with van der Waals surface area (Å²) in [5.74, 6) is -0.776. The van der Waals surface area contributed by atoms with Gasteiger partial charge in [-0.2, -0.15) is 0 Å². The molecule has 0 heterocycles. The first kappa shape index (κ1) is 11.8. The molecule has 1 aliphatic carbocycles. The number of carboxylic acid groups (broad SMARTS) is 1. The topological polar surface area (TPSA) is 40.5 Å². The Bertz CT molecular complexity index is 239. The van der Waals surface area contributed by atoms with Crippen LogP contribution in [0.25, 0.3) is 0 Å². The van der Waals surface area contributed by atoms with Gasteiger partial charge >= 0.3 is 5.97 Å². The molecule has 0 aliphatic heterocycles. The van der Waals surface area contributed by atoms with Crippen molar-refractivity contribution in [1.82, 2.24) is 4.90 Å². The van der Waals surface area contributed by atoms with Crippen molar-refractivity contribution in [3.8, 4) is 0 Å². The van der Waals surface area contributed by atoms with E-state index in [2.05, 4.69) is 4.90 Å². The Kier molecular flexibility index (Phi) is 4.72. The van der Waals surface area contributed by atoms with Crippen molar-refractivity contribution < 1.29 is 9.90 Å². The third-order valence-electron chi connectivity index (χ3n) is 2.15. The lowest BCUT2D eigenvalue weighted by molar-refractivity contribution is -0.137. The summed E-state index contributed by atoms with van der Waals surface area (Å²) in [6.45, 7) is 1.10. The first-order valence-corrected chi connectivity index (χ1v) is 5.35. The normalized spacial score (nSPS) is 17.5. The molecule has 0 unspecified atom stereocenters. The molecular formula is C9H13Cl2NO2. The molecule has 1 N–H and O–H groups in total. The fourth-order valence-corrected chi connectivity index (χ4v) is 1.52. The van der Waals surface area contributed by atoms with Crippen molar-refractivity contribution in [2.75, 3.05) is 13.1 Å². The second kappa shape index (κ2) is 5.59. The Labute approximate surface area is 93.3 Å². The first-order chi connectivity index (χ1) is 6.63. The first-order valence-electron chi connectivity index (χ1n) is 4.54. The predicted octanol–water partition coefficient (Wildman–Crippen LogP) is 2.24. The van der Waals surface area contributed by atoms with Crippen LogP contribution in [0, 0.1) is 0 Å². The highest BCUT2D eigenvalue weighted by atomic mass is 35.5. The quantitative estimate of drug-likeness (QED) is 0.771. The van der Waals surface area contributed by atoms with Crippen molar-refractivity contribution >= 4 is 29.2 Å².